The van der Waals surface area contributed by atoms with Crippen molar-refractivity contribution in [3.8, 4) is 11.1 Å². The van der Waals surface area contributed by atoms with Crippen molar-refractivity contribution in [1.29, 1.82) is 0 Å². The molecular weight excluding hydrogens is 374 g/mol. The first-order valence-corrected chi connectivity index (χ1v) is 9.56. The molecule has 6 aromatic rings. The zero-order chi connectivity index (χ0) is 20.3. The smallest absolute Gasteiger partial charge is 0.344 e. The summed E-state index contributed by atoms with van der Waals surface area (Å²) in [6.07, 6.45) is 0. The second kappa shape index (κ2) is 7.64. The van der Waals surface area contributed by atoms with Crippen LogP contribution in [0, 0.1) is 0 Å². The zero-order valence-corrected chi connectivity index (χ0v) is 15.9. The molecule has 0 unspecified atom stereocenters. The number of nitrogens with zero attached hydrogens (tertiary/aromatic N) is 2. The fraction of sp³-hybridized carbons (Fsp3) is 0. The summed E-state index contributed by atoms with van der Waals surface area (Å²) in [5.41, 5.74) is 3.67. The molecule has 4 aromatic carbocycles. The lowest BCUT2D eigenvalue weighted by Gasteiger charge is -2.01. The first-order chi connectivity index (χ1) is 14.8. The van der Waals surface area contributed by atoms with E-state index in [1.54, 1.807) is 6.07 Å². The van der Waals surface area contributed by atoms with E-state index in [-0.39, 0.29) is 5.63 Å². The molecule has 5 nitrogen and oxygen atoms in total. The maximum atomic E-state index is 11.9. The summed E-state index contributed by atoms with van der Waals surface area (Å²) >= 11 is 0. The van der Waals surface area contributed by atoms with E-state index >= 15 is 0 Å². The van der Waals surface area contributed by atoms with Crippen LogP contribution in [0.2, 0.25) is 0 Å². The van der Waals surface area contributed by atoms with Crippen molar-refractivity contribution in [2.24, 2.45) is 0 Å². The van der Waals surface area contributed by atoms with Gasteiger partial charge in [-0.3, -0.25) is 0 Å². The SMILES string of the molecule is O=c1oc2ccccc2cc1-c1ccccc1.c1ccc2c(c1)ccc1n[nH]nc12. The minimum absolute atomic E-state index is 0.296. The van der Waals surface area contributed by atoms with Crippen LogP contribution in [0.25, 0.3) is 43.9 Å². The molecule has 0 atom stereocenters. The molecule has 2 heterocycles. The van der Waals surface area contributed by atoms with Gasteiger partial charge in [0.05, 0.1) is 5.56 Å². The average molecular weight is 391 g/mol. The summed E-state index contributed by atoms with van der Waals surface area (Å²) in [7, 11) is 0. The van der Waals surface area contributed by atoms with Gasteiger partial charge in [0.1, 0.15) is 16.6 Å². The zero-order valence-electron chi connectivity index (χ0n) is 15.9. The third-order valence-corrected chi connectivity index (χ3v) is 4.94. The van der Waals surface area contributed by atoms with Crippen molar-refractivity contribution in [2.45, 2.75) is 0 Å². The van der Waals surface area contributed by atoms with Gasteiger partial charge in [0, 0.05) is 10.8 Å². The molecule has 0 bridgehead atoms. The van der Waals surface area contributed by atoms with E-state index < -0.39 is 0 Å². The van der Waals surface area contributed by atoms with Crippen LogP contribution in [-0.4, -0.2) is 15.4 Å². The summed E-state index contributed by atoms with van der Waals surface area (Å²) in [5, 5.41) is 14.1. The lowest BCUT2D eigenvalue weighted by Crippen LogP contribution is -2.02. The maximum Gasteiger partial charge on any atom is 0.344 e. The molecule has 0 radical (unpaired) electrons. The summed E-state index contributed by atoms with van der Waals surface area (Å²) in [6.45, 7) is 0. The predicted octanol–water partition coefficient (Wildman–Crippen LogP) is 5.57. The lowest BCUT2D eigenvalue weighted by molar-refractivity contribution is 0.563. The molecule has 2 aromatic heterocycles. The highest BCUT2D eigenvalue weighted by molar-refractivity contribution is 6.03. The van der Waals surface area contributed by atoms with Gasteiger partial charge in [0.15, 0.2) is 0 Å². The van der Waals surface area contributed by atoms with Crippen LogP contribution in [0.3, 0.4) is 0 Å². The van der Waals surface area contributed by atoms with Crippen molar-refractivity contribution < 1.29 is 4.42 Å². The van der Waals surface area contributed by atoms with Crippen LogP contribution in [0.4, 0.5) is 0 Å². The third-order valence-electron chi connectivity index (χ3n) is 4.94. The number of aromatic nitrogens is 3. The van der Waals surface area contributed by atoms with Crippen molar-refractivity contribution in [2.75, 3.05) is 0 Å². The van der Waals surface area contributed by atoms with Crippen LogP contribution in [0.15, 0.2) is 106 Å². The van der Waals surface area contributed by atoms with Crippen LogP contribution in [0.5, 0.6) is 0 Å². The molecule has 6 rings (SSSR count). The van der Waals surface area contributed by atoms with Crippen molar-refractivity contribution in [3.05, 3.63) is 107 Å². The molecule has 0 aliphatic rings. The van der Waals surface area contributed by atoms with Gasteiger partial charge in [-0.15, -0.1) is 0 Å². The molecule has 144 valence electrons. The van der Waals surface area contributed by atoms with Gasteiger partial charge in [-0.05, 0) is 29.1 Å². The van der Waals surface area contributed by atoms with E-state index in [1.807, 2.05) is 72.8 Å². The Morgan fingerprint density at radius 2 is 1.43 bits per heavy atom. The van der Waals surface area contributed by atoms with Gasteiger partial charge in [-0.25, -0.2) is 4.79 Å². The monoisotopic (exact) mass is 391 g/mol. The van der Waals surface area contributed by atoms with Crippen LogP contribution >= 0.6 is 0 Å². The Kier molecular flexibility index (Phi) is 4.54. The first-order valence-electron chi connectivity index (χ1n) is 9.56. The molecular formula is C25H17N3O2. The number of aromatic amines is 1. The Morgan fingerprint density at radius 3 is 2.30 bits per heavy atom. The largest absolute Gasteiger partial charge is 0.422 e. The minimum Gasteiger partial charge on any atom is -0.422 e. The topological polar surface area (TPSA) is 71.8 Å². The van der Waals surface area contributed by atoms with E-state index in [0.717, 1.165) is 27.4 Å². The highest BCUT2D eigenvalue weighted by Crippen LogP contribution is 2.21. The number of H-pyrrole nitrogens is 1. The number of hydrogen-bond donors (Lipinski definition) is 1. The predicted molar refractivity (Wildman–Crippen MR) is 119 cm³/mol. The maximum absolute atomic E-state index is 11.9. The number of rotatable bonds is 1. The Balaban J connectivity index is 0.000000133. The Bertz CT molecular complexity index is 1520. The highest BCUT2D eigenvalue weighted by atomic mass is 16.4. The van der Waals surface area contributed by atoms with Gasteiger partial charge < -0.3 is 4.42 Å². The molecule has 5 heteroatoms. The molecule has 0 amide bonds. The van der Waals surface area contributed by atoms with E-state index in [4.69, 9.17) is 4.42 Å². The Hall–Kier alpha value is -4.25. The fourth-order valence-electron chi connectivity index (χ4n) is 3.46. The Morgan fingerprint density at radius 1 is 0.700 bits per heavy atom. The fourth-order valence-corrected chi connectivity index (χ4v) is 3.46. The van der Waals surface area contributed by atoms with E-state index in [9.17, 15) is 4.79 Å². The third kappa shape index (κ3) is 3.33. The minimum atomic E-state index is -0.296. The van der Waals surface area contributed by atoms with Crippen molar-refractivity contribution >= 4 is 32.8 Å². The van der Waals surface area contributed by atoms with Gasteiger partial charge in [-0.1, -0.05) is 78.9 Å². The summed E-state index contributed by atoms with van der Waals surface area (Å²) in [4.78, 5) is 11.9. The number of fused-ring (bicyclic) bond motifs is 4. The molecule has 0 spiro atoms. The summed E-state index contributed by atoms with van der Waals surface area (Å²) in [6, 6.07) is 31.1. The quantitative estimate of drug-likeness (QED) is 0.372. The number of para-hydroxylation sites is 1. The van der Waals surface area contributed by atoms with E-state index in [1.165, 1.54) is 5.39 Å². The van der Waals surface area contributed by atoms with Crippen LogP contribution in [0.1, 0.15) is 0 Å². The van der Waals surface area contributed by atoms with E-state index in [2.05, 4.69) is 33.6 Å². The molecule has 0 aliphatic carbocycles. The van der Waals surface area contributed by atoms with Crippen LogP contribution < -0.4 is 5.63 Å². The molecule has 30 heavy (non-hydrogen) atoms. The second-order valence-corrected chi connectivity index (χ2v) is 6.83. The number of nitrogens with one attached hydrogen (secondary N) is 1. The first kappa shape index (κ1) is 17.8. The average Bonchev–Trinajstić information content (AvgIpc) is 3.29. The molecule has 1 N–H and O–H groups in total. The van der Waals surface area contributed by atoms with Crippen molar-refractivity contribution in [3.63, 3.8) is 0 Å². The number of benzene rings is 4. The lowest BCUT2D eigenvalue weighted by atomic mass is 10.1. The molecule has 0 fully saturated rings. The van der Waals surface area contributed by atoms with Crippen molar-refractivity contribution in [1.82, 2.24) is 15.4 Å². The van der Waals surface area contributed by atoms with E-state index in [0.29, 0.717) is 11.1 Å². The van der Waals surface area contributed by atoms with Crippen LogP contribution in [-0.2, 0) is 0 Å². The summed E-state index contributed by atoms with van der Waals surface area (Å²) in [5.74, 6) is 0. The normalized spacial score (nSPS) is 10.8. The standard InChI is InChI=1S/C15H10O2.C10H7N3/c16-15-13(11-6-2-1-3-7-11)10-12-8-4-5-9-14(12)17-15;1-2-4-8-7(3-1)5-6-9-10(8)12-13-11-9/h1-10H;1-6H,(H,11,12,13). The second-order valence-electron chi connectivity index (χ2n) is 6.83. The Labute approximate surface area is 171 Å². The molecule has 0 aliphatic heterocycles. The van der Waals surface area contributed by atoms with Gasteiger partial charge in [0.25, 0.3) is 0 Å². The molecule has 0 saturated carbocycles. The highest BCUT2D eigenvalue weighted by Gasteiger charge is 2.06. The van der Waals surface area contributed by atoms with Gasteiger partial charge in [0.2, 0.25) is 0 Å². The summed E-state index contributed by atoms with van der Waals surface area (Å²) < 4.78 is 5.29. The molecule has 0 saturated heterocycles. The van der Waals surface area contributed by atoms with Gasteiger partial charge >= 0.3 is 5.63 Å². The number of hydrogen-bond acceptors (Lipinski definition) is 4. The van der Waals surface area contributed by atoms with Gasteiger partial charge in [-0.2, -0.15) is 15.4 Å².